The van der Waals surface area contributed by atoms with E-state index < -0.39 is 6.10 Å². The van der Waals surface area contributed by atoms with Crippen molar-refractivity contribution in [2.24, 2.45) is 0 Å². The van der Waals surface area contributed by atoms with Crippen molar-refractivity contribution in [3.63, 3.8) is 0 Å². The standard InChI is InChI=1S/C14H23N3O3/c1-19-9-12(18)8-17-6-4-10(5-7-17)13-15-14(20-16-13)11-2-3-11/h10-12,18H,2-9H2,1H3. The van der Waals surface area contributed by atoms with Gasteiger partial charge in [-0.05, 0) is 38.8 Å². The largest absolute Gasteiger partial charge is 0.389 e. The molecule has 0 aromatic carbocycles. The molecule has 1 aliphatic heterocycles. The second-order valence-electron chi connectivity index (χ2n) is 5.95. The molecule has 1 N–H and O–H groups in total. The van der Waals surface area contributed by atoms with Crippen LogP contribution >= 0.6 is 0 Å². The van der Waals surface area contributed by atoms with Crippen molar-refractivity contribution >= 4 is 0 Å². The third kappa shape index (κ3) is 3.37. The molecule has 2 aliphatic rings. The molecule has 6 heteroatoms. The lowest BCUT2D eigenvalue weighted by Crippen LogP contribution is -2.39. The monoisotopic (exact) mass is 281 g/mol. The molecule has 0 radical (unpaired) electrons. The summed E-state index contributed by atoms with van der Waals surface area (Å²) in [5.74, 6) is 2.64. The first kappa shape index (κ1) is 14.0. The highest BCUT2D eigenvalue weighted by atomic mass is 16.5. The number of likely N-dealkylation sites (tertiary alicyclic amines) is 1. The number of β-amino-alcohol motifs (C(OH)–C–C–N with tert-alkyl or cyclic N) is 1. The minimum Gasteiger partial charge on any atom is -0.389 e. The predicted molar refractivity (Wildman–Crippen MR) is 72.6 cm³/mol. The smallest absolute Gasteiger partial charge is 0.229 e. The lowest BCUT2D eigenvalue weighted by Gasteiger charge is -2.31. The van der Waals surface area contributed by atoms with Crippen LogP contribution in [0.4, 0.5) is 0 Å². The summed E-state index contributed by atoms with van der Waals surface area (Å²) in [4.78, 5) is 6.83. The van der Waals surface area contributed by atoms with Gasteiger partial charge < -0.3 is 19.3 Å². The van der Waals surface area contributed by atoms with E-state index in [9.17, 15) is 5.11 Å². The zero-order valence-electron chi connectivity index (χ0n) is 12.0. The fourth-order valence-electron chi connectivity index (χ4n) is 2.83. The maximum absolute atomic E-state index is 9.75. The molecule has 6 nitrogen and oxygen atoms in total. The van der Waals surface area contributed by atoms with Crippen LogP contribution in [0, 0.1) is 0 Å². The van der Waals surface area contributed by atoms with E-state index in [1.165, 1.54) is 12.8 Å². The molecule has 1 atom stereocenters. The van der Waals surface area contributed by atoms with Crippen LogP contribution in [0.2, 0.25) is 0 Å². The first-order valence-electron chi connectivity index (χ1n) is 7.49. The van der Waals surface area contributed by atoms with E-state index >= 15 is 0 Å². The summed E-state index contributed by atoms with van der Waals surface area (Å²) < 4.78 is 10.3. The molecule has 3 rings (SSSR count). The molecule has 1 aromatic heterocycles. The Morgan fingerprint density at radius 1 is 1.30 bits per heavy atom. The van der Waals surface area contributed by atoms with E-state index in [2.05, 4.69) is 15.0 Å². The summed E-state index contributed by atoms with van der Waals surface area (Å²) >= 11 is 0. The molecule has 20 heavy (non-hydrogen) atoms. The van der Waals surface area contributed by atoms with Crippen molar-refractivity contribution in [2.75, 3.05) is 33.4 Å². The SMILES string of the molecule is COCC(O)CN1CCC(c2noc(C3CC3)n2)CC1. The van der Waals surface area contributed by atoms with Gasteiger partial charge in [0.2, 0.25) is 5.89 Å². The second-order valence-corrected chi connectivity index (χ2v) is 5.95. The minimum atomic E-state index is -0.400. The summed E-state index contributed by atoms with van der Waals surface area (Å²) in [6.45, 7) is 3.02. The van der Waals surface area contributed by atoms with E-state index in [0.717, 1.165) is 37.6 Å². The highest BCUT2D eigenvalue weighted by molar-refractivity contribution is 5.05. The Balaban J connectivity index is 1.47. The number of piperidine rings is 1. The van der Waals surface area contributed by atoms with E-state index in [4.69, 9.17) is 9.26 Å². The van der Waals surface area contributed by atoms with Crippen molar-refractivity contribution in [3.05, 3.63) is 11.7 Å². The zero-order chi connectivity index (χ0) is 13.9. The van der Waals surface area contributed by atoms with Crippen molar-refractivity contribution in [1.82, 2.24) is 15.0 Å². The number of aliphatic hydroxyl groups is 1. The number of nitrogens with zero attached hydrogens (tertiary/aromatic N) is 3. The van der Waals surface area contributed by atoms with Crippen molar-refractivity contribution in [2.45, 2.75) is 43.6 Å². The number of aliphatic hydroxyl groups excluding tert-OH is 1. The molecule has 1 aromatic rings. The third-order valence-electron chi connectivity index (χ3n) is 4.16. The maximum atomic E-state index is 9.75. The molecule has 0 amide bonds. The molecule has 0 bridgehead atoms. The topological polar surface area (TPSA) is 71.6 Å². The maximum Gasteiger partial charge on any atom is 0.229 e. The van der Waals surface area contributed by atoms with E-state index in [-0.39, 0.29) is 0 Å². The Hall–Kier alpha value is -0.980. The number of hydrogen-bond donors (Lipinski definition) is 1. The molecule has 0 spiro atoms. The first-order valence-corrected chi connectivity index (χ1v) is 7.49. The van der Waals surface area contributed by atoms with Gasteiger partial charge in [0.05, 0.1) is 12.7 Å². The fraction of sp³-hybridized carbons (Fsp3) is 0.857. The predicted octanol–water partition coefficient (Wildman–Crippen LogP) is 1.13. The molecular formula is C14H23N3O3. The Bertz CT molecular complexity index is 425. The summed E-state index contributed by atoms with van der Waals surface area (Å²) in [5, 5.41) is 13.9. The lowest BCUT2D eigenvalue weighted by atomic mass is 9.96. The van der Waals surface area contributed by atoms with Crippen LogP contribution in [0.15, 0.2) is 4.52 Å². The Kier molecular flexibility index (Phi) is 4.33. The van der Waals surface area contributed by atoms with Crippen LogP contribution in [0.1, 0.15) is 49.2 Å². The molecule has 1 unspecified atom stereocenters. The van der Waals surface area contributed by atoms with Gasteiger partial charge in [-0.25, -0.2) is 0 Å². The van der Waals surface area contributed by atoms with E-state index in [0.29, 0.717) is 25.0 Å². The number of methoxy groups -OCH3 is 1. The van der Waals surface area contributed by atoms with Crippen LogP contribution in [-0.4, -0.2) is 59.6 Å². The molecule has 1 aliphatic carbocycles. The first-order chi connectivity index (χ1) is 9.76. The van der Waals surface area contributed by atoms with Gasteiger partial charge in [0.15, 0.2) is 5.82 Å². The summed E-state index contributed by atoms with van der Waals surface area (Å²) in [5.41, 5.74) is 0. The number of ether oxygens (including phenoxy) is 1. The minimum absolute atomic E-state index is 0.398. The highest BCUT2D eigenvalue weighted by Gasteiger charge is 2.32. The second kappa shape index (κ2) is 6.20. The summed E-state index contributed by atoms with van der Waals surface area (Å²) in [6.07, 6.45) is 4.05. The molecule has 2 fully saturated rings. The summed E-state index contributed by atoms with van der Waals surface area (Å²) in [6, 6.07) is 0. The normalized spacial score (nSPS) is 23.1. The number of rotatable bonds is 6. The molecule has 2 heterocycles. The molecule has 112 valence electrons. The van der Waals surface area contributed by atoms with E-state index in [1.54, 1.807) is 7.11 Å². The Morgan fingerprint density at radius 3 is 2.70 bits per heavy atom. The number of aromatic nitrogens is 2. The van der Waals surface area contributed by atoms with Gasteiger partial charge >= 0.3 is 0 Å². The van der Waals surface area contributed by atoms with Gasteiger partial charge in [0.25, 0.3) is 0 Å². The van der Waals surface area contributed by atoms with Crippen molar-refractivity contribution in [1.29, 1.82) is 0 Å². The average molecular weight is 281 g/mol. The number of hydrogen-bond acceptors (Lipinski definition) is 6. The lowest BCUT2D eigenvalue weighted by molar-refractivity contribution is 0.0317. The van der Waals surface area contributed by atoms with Crippen LogP contribution in [0.3, 0.4) is 0 Å². The van der Waals surface area contributed by atoms with Crippen LogP contribution in [0.25, 0.3) is 0 Å². The Labute approximate surface area is 119 Å². The van der Waals surface area contributed by atoms with Crippen LogP contribution in [0.5, 0.6) is 0 Å². The van der Waals surface area contributed by atoms with E-state index in [1.807, 2.05) is 0 Å². The summed E-state index contributed by atoms with van der Waals surface area (Å²) in [7, 11) is 1.61. The fourth-order valence-corrected chi connectivity index (χ4v) is 2.83. The average Bonchev–Trinajstić information content (AvgIpc) is 3.18. The Morgan fingerprint density at radius 2 is 2.05 bits per heavy atom. The van der Waals surface area contributed by atoms with Gasteiger partial charge in [-0.15, -0.1) is 0 Å². The van der Waals surface area contributed by atoms with Gasteiger partial charge in [-0.3, -0.25) is 0 Å². The zero-order valence-corrected chi connectivity index (χ0v) is 12.0. The van der Waals surface area contributed by atoms with Gasteiger partial charge in [0.1, 0.15) is 0 Å². The van der Waals surface area contributed by atoms with Crippen LogP contribution in [-0.2, 0) is 4.74 Å². The van der Waals surface area contributed by atoms with Crippen molar-refractivity contribution < 1.29 is 14.4 Å². The van der Waals surface area contributed by atoms with Gasteiger partial charge in [0, 0.05) is 25.5 Å². The molecular weight excluding hydrogens is 258 g/mol. The van der Waals surface area contributed by atoms with Gasteiger partial charge in [-0.1, -0.05) is 5.16 Å². The molecule has 1 saturated carbocycles. The van der Waals surface area contributed by atoms with Crippen molar-refractivity contribution in [3.8, 4) is 0 Å². The third-order valence-corrected chi connectivity index (χ3v) is 4.16. The van der Waals surface area contributed by atoms with Gasteiger partial charge in [-0.2, -0.15) is 4.98 Å². The highest BCUT2D eigenvalue weighted by Crippen LogP contribution is 2.39. The quantitative estimate of drug-likeness (QED) is 0.843. The van der Waals surface area contributed by atoms with Crippen LogP contribution < -0.4 is 0 Å². The molecule has 1 saturated heterocycles.